The van der Waals surface area contributed by atoms with Gasteiger partial charge in [0.2, 0.25) is 11.5 Å². The second-order valence-electron chi connectivity index (χ2n) is 6.84. The van der Waals surface area contributed by atoms with Crippen molar-refractivity contribution in [2.75, 3.05) is 18.9 Å². The van der Waals surface area contributed by atoms with Gasteiger partial charge in [-0.15, -0.1) is 0 Å². The molecule has 1 saturated heterocycles. The molecule has 1 aromatic carbocycles. The number of hydrogen-bond acceptors (Lipinski definition) is 5. The van der Waals surface area contributed by atoms with Crippen LogP contribution in [0.25, 0.3) is 11.3 Å². The molecule has 8 nitrogen and oxygen atoms in total. The third-order valence-electron chi connectivity index (χ3n) is 4.48. The van der Waals surface area contributed by atoms with E-state index < -0.39 is 17.4 Å². The normalized spacial score (nSPS) is 18.2. The van der Waals surface area contributed by atoms with E-state index in [4.69, 9.17) is 5.73 Å². The molecule has 2 heterocycles. The number of anilines is 1. The Morgan fingerprint density at radius 2 is 2.07 bits per heavy atom. The van der Waals surface area contributed by atoms with Gasteiger partial charge >= 0.3 is 0 Å². The highest BCUT2D eigenvalue weighted by atomic mass is 16.3. The Hall–Kier alpha value is -3.70. The molecule has 1 aliphatic rings. The molecule has 29 heavy (non-hydrogen) atoms. The maximum Gasteiger partial charge on any atom is 0.267 e. The molecule has 0 spiro atoms. The first-order valence-electron chi connectivity index (χ1n) is 8.89. The first kappa shape index (κ1) is 20.0. The highest BCUT2D eigenvalue weighted by molar-refractivity contribution is 5.95. The molecule has 3 rings (SSSR count). The van der Waals surface area contributed by atoms with Crippen LogP contribution in [-0.4, -0.2) is 51.9 Å². The number of likely N-dealkylation sites (tertiary alicyclic amines) is 1. The molecule has 4 N–H and O–H groups in total. The minimum atomic E-state index is -1.69. The van der Waals surface area contributed by atoms with Gasteiger partial charge in [0.15, 0.2) is 0 Å². The van der Waals surface area contributed by atoms with Gasteiger partial charge in [0.05, 0.1) is 5.69 Å². The zero-order valence-electron chi connectivity index (χ0n) is 16.0. The fraction of sp³-hybridized carbons (Fsp3) is 0.238. The molecule has 0 saturated carbocycles. The van der Waals surface area contributed by atoms with Crippen molar-refractivity contribution in [1.29, 1.82) is 0 Å². The van der Waals surface area contributed by atoms with Crippen molar-refractivity contribution in [2.45, 2.75) is 18.9 Å². The van der Waals surface area contributed by atoms with Crippen LogP contribution in [0.15, 0.2) is 36.4 Å². The van der Waals surface area contributed by atoms with E-state index in [0.717, 1.165) is 0 Å². The standard InChI is InChI=1S/C21H20N4O4/c1-13(26)23-16-11-17(24-18(12-16)19(22)27)15-5-3-4-14(10-15)6-7-21(29)8-9-25(2)20(21)28/h3-5,10-12,29H,8-9H2,1-2H3,(H2,22,27)(H,23,24,26)/t21-/m0/s1. The largest absolute Gasteiger partial charge is 0.369 e. The number of carbonyl (C=O) groups excluding carboxylic acids is 3. The number of aliphatic hydroxyl groups is 1. The molecule has 1 atom stereocenters. The predicted octanol–water partition coefficient (Wildman–Crippen LogP) is 0.751. The Bertz CT molecular complexity index is 1070. The molecule has 8 heteroatoms. The molecule has 3 amide bonds. The van der Waals surface area contributed by atoms with Gasteiger partial charge in [-0.05, 0) is 24.3 Å². The van der Waals surface area contributed by atoms with Gasteiger partial charge in [-0.1, -0.05) is 24.0 Å². The van der Waals surface area contributed by atoms with Crippen molar-refractivity contribution < 1.29 is 19.5 Å². The molecule has 0 bridgehead atoms. The van der Waals surface area contributed by atoms with Crippen LogP contribution in [0.4, 0.5) is 5.69 Å². The van der Waals surface area contributed by atoms with Crippen LogP contribution >= 0.6 is 0 Å². The molecule has 0 aliphatic carbocycles. The fourth-order valence-corrected chi connectivity index (χ4v) is 2.98. The second-order valence-corrected chi connectivity index (χ2v) is 6.84. The number of pyridine rings is 1. The van der Waals surface area contributed by atoms with Crippen molar-refractivity contribution in [2.24, 2.45) is 5.73 Å². The maximum absolute atomic E-state index is 12.0. The Balaban J connectivity index is 1.97. The number of rotatable bonds is 3. The monoisotopic (exact) mass is 392 g/mol. The van der Waals surface area contributed by atoms with E-state index in [1.54, 1.807) is 37.4 Å². The average Bonchev–Trinajstić information content (AvgIpc) is 2.94. The van der Waals surface area contributed by atoms with Crippen LogP contribution in [0.3, 0.4) is 0 Å². The van der Waals surface area contributed by atoms with Crippen LogP contribution in [0.2, 0.25) is 0 Å². The summed E-state index contributed by atoms with van der Waals surface area (Å²) < 4.78 is 0. The Kier molecular flexibility index (Phi) is 5.35. The number of primary amides is 1. The minimum Gasteiger partial charge on any atom is -0.369 e. The van der Waals surface area contributed by atoms with Crippen LogP contribution < -0.4 is 11.1 Å². The van der Waals surface area contributed by atoms with Gasteiger partial charge < -0.3 is 21.1 Å². The number of hydrogen-bond donors (Lipinski definition) is 3. The Morgan fingerprint density at radius 1 is 1.31 bits per heavy atom. The first-order chi connectivity index (χ1) is 13.7. The number of nitrogens with zero attached hydrogens (tertiary/aromatic N) is 2. The van der Waals surface area contributed by atoms with E-state index in [-0.39, 0.29) is 18.0 Å². The van der Waals surface area contributed by atoms with E-state index in [9.17, 15) is 19.5 Å². The lowest BCUT2D eigenvalue weighted by atomic mass is 10.0. The summed E-state index contributed by atoms with van der Waals surface area (Å²) in [6, 6.07) is 9.96. The van der Waals surface area contributed by atoms with Crippen LogP contribution in [0.5, 0.6) is 0 Å². The third-order valence-corrected chi connectivity index (χ3v) is 4.48. The lowest BCUT2D eigenvalue weighted by molar-refractivity contribution is -0.137. The summed E-state index contributed by atoms with van der Waals surface area (Å²) in [5, 5.41) is 13.0. The summed E-state index contributed by atoms with van der Waals surface area (Å²) in [4.78, 5) is 40.7. The SMILES string of the molecule is CC(=O)Nc1cc(C(N)=O)nc(-c2cccc(C#C[C@]3(O)CCN(C)C3=O)c2)c1. The van der Waals surface area contributed by atoms with E-state index in [2.05, 4.69) is 22.1 Å². The zero-order chi connectivity index (χ0) is 21.2. The Labute approximate surface area is 167 Å². The smallest absolute Gasteiger partial charge is 0.267 e. The second kappa shape index (κ2) is 7.73. The van der Waals surface area contributed by atoms with Crippen molar-refractivity contribution in [3.8, 4) is 23.1 Å². The zero-order valence-corrected chi connectivity index (χ0v) is 16.0. The van der Waals surface area contributed by atoms with Gasteiger partial charge in [0.25, 0.3) is 11.8 Å². The molecular weight excluding hydrogens is 372 g/mol. The maximum atomic E-state index is 12.0. The molecule has 2 aromatic rings. The quantitative estimate of drug-likeness (QED) is 0.665. The summed E-state index contributed by atoms with van der Waals surface area (Å²) in [6.07, 6.45) is 0.247. The molecule has 0 radical (unpaired) electrons. The van der Waals surface area contributed by atoms with Gasteiger partial charge in [-0.2, -0.15) is 0 Å². The third kappa shape index (κ3) is 4.42. The van der Waals surface area contributed by atoms with Crippen molar-refractivity contribution in [1.82, 2.24) is 9.88 Å². The highest BCUT2D eigenvalue weighted by Gasteiger charge is 2.42. The van der Waals surface area contributed by atoms with E-state index in [1.165, 1.54) is 17.9 Å². The number of aromatic nitrogens is 1. The Morgan fingerprint density at radius 3 is 2.69 bits per heavy atom. The number of benzene rings is 1. The number of nitrogens with one attached hydrogen (secondary N) is 1. The van der Waals surface area contributed by atoms with Crippen molar-refractivity contribution in [3.63, 3.8) is 0 Å². The van der Waals surface area contributed by atoms with Gasteiger partial charge in [0, 0.05) is 43.8 Å². The summed E-state index contributed by atoms with van der Waals surface area (Å²) >= 11 is 0. The summed E-state index contributed by atoms with van der Waals surface area (Å²) in [6.45, 7) is 1.80. The van der Waals surface area contributed by atoms with Gasteiger partial charge in [0.1, 0.15) is 5.69 Å². The van der Waals surface area contributed by atoms with E-state index >= 15 is 0 Å². The van der Waals surface area contributed by atoms with Crippen LogP contribution in [0.1, 0.15) is 29.4 Å². The summed E-state index contributed by atoms with van der Waals surface area (Å²) in [5.74, 6) is 4.06. The lowest BCUT2D eigenvalue weighted by Crippen LogP contribution is -2.37. The van der Waals surface area contributed by atoms with Crippen molar-refractivity contribution in [3.05, 3.63) is 47.7 Å². The number of nitrogens with two attached hydrogens (primary N) is 1. The van der Waals surface area contributed by atoms with E-state index in [0.29, 0.717) is 29.1 Å². The molecule has 0 unspecified atom stereocenters. The van der Waals surface area contributed by atoms with Crippen LogP contribution in [-0.2, 0) is 9.59 Å². The molecule has 1 aromatic heterocycles. The lowest BCUT2D eigenvalue weighted by Gasteiger charge is -2.13. The number of likely N-dealkylation sites (N-methyl/N-ethyl adjacent to an activating group) is 1. The van der Waals surface area contributed by atoms with Gasteiger partial charge in [-0.3, -0.25) is 14.4 Å². The van der Waals surface area contributed by atoms with Crippen molar-refractivity contribution >= 4 is 23.4 Å². The fourth-order valence-electron chi connectivity index (χ4n) is 2.98. The average molecular weight is 392 g/mol. The predicted molar refractivity (Wildman–Crippen MR) is 107 cm³/mol. The summed E-state index contributed by atoms with van der Waals surface area (Å²) in [7, 11) is 1.62. The molecule has 1 aliphatic heterocycles. The summed E-state index contributed by atoms with van der Waals surface area (Å²) in [5.41, 5.74) is 5.67. The van der Waals surface area contributed by atoms with E-state index in [1.807, 2.05) is 0 Å². The highest BCUT2D eigenvalue weighted by Crippen LogP contribution is 2.24. The number of amides is 3. The molecule has 1 fully saturated rings. The topological polar surface area (TPSA) is 126 Å². The molecular formula is C21H20N4O4. The minimum absolute atomic E-state index is 0.0108. The molecule has 148 valence electrons. The first-order valence-corrected chi connectivity index (χ1v) is 8.89. The van der Waals surface area contributed by atoms with Gasteiger partial charge in [-0.25, -0.2) is 4.98 Å². The van der Waals surface area contributed by atoms with Crippen LogP contribution in [0, 0.1) is 11.8 Å². The number of carbonyl (C=O) groups is 3.